The lowest BCUT2D eigenvalue weighted by molar-refractivity contribution is -0.151. The summed E-state index contributed by atoms with van der Waals surface area (Å²) in [5, 5.41) is -0.348. The summed E-state index contributed by atoms with van der Waals surface area (Å²) in [4.78, 5) is 8.30. The first-order chi connectivity index (χ1) is 9.68. The number of hydrogen-bond donors (Lipinski definition) is 1. The van der Waals surface area contributed by atoms with Gasteiger partial charge >= 0.3 is 12.4 Å². The highest BCUT2D eigenvalue weighted by Gasteiger charge is 2.42. The molecule has 0 radical (unpaired) electrons. The molecule has 3 nitrogen and oxygen atoms in total. The van der Waals surface area contributed by atoms with Crippen LogP contribution < -0.4 is 0 Å². The van der Waals surface area contributed by atoms with E-state index in [0.29, 0.717) is 0 Å². The van der Waals surface area contributed by atoms with Crippen molar-refractivity contribution in [2.75, 3.05) is 0 Å². The highest BCUT2D eigenvalue weighted by molar-refractivity contribution is 6.07. The number of benzene rings is 1. The number of para-hydroxylation sites is 1. The van der Waals surface area contributed by atoms with Crippen LogP contribution in [0.3, 0.4) is 0 Å². The fraction of sp³-hybridized carbons (Fsp3) is 0.167. The van der Waals surface area contributed by atoms with E-state index in [-0.39, 0.29) is 10.9 Å². The maximum absolute atomic E-state index is 13.0. The summed E-state index contributed by atoms with van der Waals surface area (Å²) >= 11 is 0. The van der Waals surface area contributed by atoms with E-state index in [1.54, 1.807) is 6.07 Å². The van der Waals surface area contributed by atoms with Crippen molar-refractivity contribution in [2.24, 2.45) is 0 Å². The molecule has 3 rings (SSSR count). The van der Waals surface area contributed by atoms with Crippen molar-refractivity contribution in [2.45, 2.75) is 12.4 Å². The predicted octanol–water partition coefficient (Wildman–Crippen LogP) is 4.15. The van der Waals surface area contributed by atoms with Gasteiger partial charge in [0.1, 0.15) is 5.65 Å². The number of halogens is 6. The Balaban J connectivity index is 2.48. The number of fused-ring (bicyclic) bond motifs is 3. The Kier molecular flexibility index (Phi) is 2.66. The molecule has 1 N–H and O–H groups in total. The topological polar surface area (TPSA) is 41.6 Å². The van der Waals surface area contributed by atoms with Crippen LogP contribution in [0.5, 0.6) is 0 Å². The first-order valence-corrected chi connectivity index (χ1v) is 5.61. The summed E-state index contributed by atoms with van der Waals surface area (Å²) < 4.78 is 77.0. The lowest BCUT2D eigenvalue weighted by Gasteiger charge is -2.10. The Hall–Kier alpha value is -2.32. The predicted molar refractivity (Wildman–Crippen MR) is 61.4 cm³/mol. The minimum Gasteiger partial charge on any atom is -0.339 e. The van der Waals surface area contributed by atoms with Crippen molar-refractivity contribution >= 4 is 21.9 Å². The van der Waals surface area contributed by atoms with Crippen LogP contribution in [0, 0.1) is 0 Å². The van der Waals surface area contributed by atoms with Gasteiger partial charge in [-0.3, -0.25) is 0 Å². The van der Waals surface area contributed by atoms with E-state index in [9.17, 15) is 26.3 Å². The molecule has 0 amide bonds. The molecule has 0 bridgehead atoms. The van der Waals surface area contributed by atoms with Gasteiger partial charge in [-0.15, -0.1) is 0 Å². The normalized spacial score (nSPS) is 13.2. The van der Waals surface area contributed by atoms with E-state index in [1.807, 2.05) is 0 Å². The number of alkyl halides is 6. The Labute approximate surface area is 112 Å². The zero-order valence-corrected chi connectivity index (χ0v) is 9.97. The number of H-pyrrole nitrogens is 1. The van der Waals surface area contributed by atoms with Crippen molar-refractivity contribution < 1.29 is 26.3 Å². The summed E-state index contributed by atoms with van der Waals surface area (Å²) in [5.74, 6) is -1.83. The van der Waals surface area contributed by atoms with Crippen molar-refractivity contribution in [3.05, 3.63) is 35.8 Å². The van der Waals surface area contributed by atoms with Crippen LogP contribution in [-0.2, 0) is 12.4 Å². The van der Waals surface area contributed by atoms with Gasteiger partial charge in [0.15, 0.2) is 5.69 Å². The number of nitrogens with zero attached hydrogens (tertiary/aromatic N) is 2. The summed E-state index contributed by atoms with van der Waals surface area (Å²) in [7, 11) is 0. The number of nitrogens with one attached hydrogen (secondary N) is 1. The minimum atomic E-state index is -5.06. The molecule has 9 heteroatoms. The fourth-order valence-electron chi connectivity index (χ4n) is 2.08. The van der Waals surface area contributed by atoms with Gasteiger partial charge in [-0.05, 0) is 6.07 Å². The number of rotatable bonds is 0. The van der Waals surface area contributed by atoms with Gasteiger partial charge in [0.05, 0.1) is 5.39 Å². The highest BCUT2D eigenvalue weighted by Crippen LogP contribution is 2.38. The molecule has 110 valence electrons. The average Bonchev–Trinajstić information content (AvgIpc) is 2.73. The quantitative estimate of drug-likeness (QED) is 0.634. The SMILES string of the molecule is FC(F)(F)c1nc(C(F)(F)F)c2c(n1)[nH]c1ccccc12. The van der Waals surface area contributed by atoms with E-state index in [4.69, 9.17) is 0 Å². The molecule has 0 aliphatic heterocycles. The maximum Gasteiger partial charge on any atom is 0.451 e. The molecule has 3 aromatic rings. The lowest BCUT2D eigenvalue weighted by Crippen LogP contribution is -2.17. The average molecular weight is 305 g/mol. The number of hydrogen-bond acceptors (Lipinski definition) is 2. The molecule has 0 saturated carbocycles. The zero-order valence-electron chi connectivity index (χ0n) is 9.97. The van der Waals surface area contributed by atoms with Gasteiger partial charge in [-0.1, -0.05) is 18.2 Å². The van der Waals surface area contributed by atoms with E-state index in [0.717, 1.165) is 0 Å². The molecule has 21 heavy (non-hydrogen) atoms. The van der Waals surface area contributed by atoms with Crippen molar-refractivity contribution in [1.29, 1.82) is 0 Å². The molecule has 0 fully saturated rings. The molecule has 0 spiro atoms. The summed E-state index contributed by atoms with van der Waals surface area (Å²) in [6.07, 6.45) is -10.1. The molecular weight excluding hydrogens is 300 g/mol. The van der Waals surface area contributed by atoms with Crippen LogP contribution in [0.1, 0.15) is 11.5 Å². The highest BCUT2D eigenvalue weighted by atomic mass is 19.4. The van der Waals surface area contributed by atoms with E-state index in [2.05, 4.69) is 15.0 Å². The van der Waals surface area contributed by atoms with Crippen LogP contribution in [0.4, 0.5) is 26.3 Å². The standard InChI is InChI=1S/C12H5F6N3/c13-11(14,15)8-7-5-3-1-2-4-6(5)19-9(7)21-10(20-8)12(16,17)18/h1-4H,(H,19,20,21). The summed E-state index contributed by atoms with van der Waals surface area (Å²) in [6, 6.07) is 5.83. The van der Waals surface area contributed by atoms with Crippen molar-refractivity contribution in [1.82, 2.24) is 15.0 Å². The Morgan fingerprint density at radius 1 is 0.857 bits per heavy atom. The lowest BCUT2D eigenvalue weighted by atomic mass is 10.1. The van der Waals surface area contributed by atoms with Gasteiger partial charge in [-0.2, -0.15) is 26.3 Å². The third-order valence-electron chi connectivity index (χ3n) is 2.88. The Morgan fingerprint density at radius 3 is 2.14 bits per heavy atom. The van der Waals surface area contributed by atoms with Crippen LogP contribution in [0.15, 0.2) is 24.3 Å². The molecule has 1 aromatic carbocycles. The third-order valence-corrected chi connectivity index (χ3v) is 2.88. The van der Waals surface area contributed by atoms with E-state index < -0.39 is 34.9 Å². The van der Waals surface area contributed by atoms with Gasteiger partial charge in [0, 0.05) is 10.9 Å². The second kappa shape index (κ2) is 4.09. The van der Waals surface area contributed by atoms with Crippen LogP contribution in [-0.4, -0.2) is 15.0 Å². The van der Waals surface area contributed by atoms with Crippen LogP contribution >= 0.6 is 0 Å². The minimum absolute atomic E-state index is 0.119. The van der Waals surface area contributed by atoms with Gasteiger partial charge in [0.25, 0.3) is 0 Å². The summed E-state index contributed by atoms with van der Waals surface area (Å²) in [5.41, 5.74) is -1.84. The van der Waals surface area contributed by atoms with Crippen LogP contribution in [0.25, 0.3) is 21.9 Å². The van der Waals surface area contributed by atoms with Crippen molar-refractivity contribution in [3.8, 4) is 0 Å². The van der Waals surface area contributed by atoms with Gasteiger partial charge in [-0.25, -0.2) is 9.97 Å². The molecule has 0 saturated heterocycles. The molecule has 0 aliphatic rings. The molecule has 0 unspecified atom stereocenters. The summed E-state index contributed by atoms with van der Waals surface area (Å²) in [6.45, 7) is 0. The first-order valence-electron chi connectivity index (χ1n) is 5.61. The molecule has 0 atom stereocenters. The maximum atomic E-state index is 13.0. The Bertz CT molecular complexity index is 830. The van der Waals surface area contributed by atoms with Crippen molar-refractivity contribution in [3.63, 3.8) is 0 Å². The number of aromatic nitrogens is 3. The molecule has 0 aliphatic carbocycles. The van der Waals surface area contributed by atoms with Crippen LogP contribution in [0.2, 0.25) is 0 Å². The van der Waals surface area contributed by atoms with Gasteiger partial charge < -0.3 is 4.98 Å². The molecular formula is C12H5F6N3. The Morgan fingerprint density at radius 2 is 1.52 bits per heavy atom. The first kappa shape index (κ1) is 13.7. The molecule has 2 aromatic heterocycles. The largest absolute Gasteiger partial charge is 0.451 e. The monoisotopic (exact) mass is 305 g/mol. The zero-order chi connectivity index (χ0) is 15.4. The van der Waals surface area contributed by atoms with E-state index >= 15 is 0 Å². The molecule has 2 heterocycles. The third kappa shape index (κ3) is 2.18. The second-order valence-corrected chi connectivity index (χ2v) is 4.29. The van der Waals surface area contributed by atoms with Gasteiger partial charge in [0.2, 0.25) is 5.82 Å². The second-order valence-electron chi connectivity index (χ2n) is 4.29. The number of aromatic amines is 1. The van der Waals surface area contributed by atoms with E-state index in [1.165, 1.54) is 18.2 Å². The smallest absolute Gasteiger partial charge is 0.339 e. The fourth-order valence-corrected chi connectivity index (χ4v) is 2.08.